The fourth-order valence-electron chi connectivity index (χ4n) is 1.06. The van der Waals surface area contributed by atoms with Gasteiger partial charge in [0, 0.05) is 5.56 Å². The number of nitrogens with one attached hydrogen (secondary N) is 1. The molecule has 1 atom stereocenters. The van der Waals surface area contributed by atoms with E-state index in [-0.39, 0.29) is 5.92 Å². The van der Waals surface area contributed by atoms with Gasteiger partial charge in [0.15, 0.2) is 0 Å². The number of hydrogen-bond donors (Lipinski definition) is 2. The molecule has 0 aromatic carbocycles. The second-order valence-corrected chi connectivity index (χ2v) is 2.83. The quantitative estimate of drug-likeness (QED) is 0.658. The van der Waals surface area contributed by atoms with Crippen molar-refractivity contribution in [1.29, 1.82) is 0 Å². The van der Waals surface area contributed by atoms with Crippen LogP contribution in [0.25, 0.3) is 0 Å². The second-order valence-electron chi connectivity index (χ2n) is 2.83. The molecule has 72 valence electrons. The summed E-state index contributed by atoms with van der Waals surface area (Å²) in [5, 5.41) is 6.37. The third kappa shape index (κ3) is 1.86. The molecule has 1 heterocycles. The Hall–Kier alpha value is -1.36. The zero-order valence-electron chi connectivity index (χ0n) is 7.70. The van der Waals surface area contributed by atoms with Crippen LogP contribution in [0.5, 0.6) is 0 Å². The first-order valence-corrected chi connectivity index (χ1v) is 4.02. The van der Waals surface area contributed by atoms with Crippen molar-refractivity contribution in [3.05, 3.63) is 17.5 Å². The summed E-state index contributed by atoms with van der Waals surface area (Å²) < 4.78 is 4.58. The van der Waals surface area contributed by atoms with Crippen molar-refractivity contribution in [2.45, 2.75) is 12.8 Å². The molecule has 13 heavy (non-hydrogen) atoms. The molecule has 0 radical (unpaired) electrons. The van der Waals surface area contributed by atoms with Gasteiger partial charge in [-0.3, -0.25) is 5.10 Å². The van der Waals surface area contributed by atoms with E-state index in [1.807, 2.05) is 6.92 Å². The van der Waals surface area contributed by atoms with Gasteiger partial charge in [-0.15, -0.1) is 0 Å². The third-order valence-electron chi connectivity index (χ3n) is 1.94. The van der Waals surface area contributed by atoms with Crippen LogP contribution in [-0.4, -0.2) is 29.8 Å². The molecule has 0 saturated heterocycles. The number of aromatic amines is 1. The highest BCUT2D eigenvalue weighted by atomic mass is 16.5. The lowest BCUT2D eigenvalue weighted by Crippen LogP contribution is -2.13. The van der Waals surface area contributed by atoms with E-state index in [1.54, 1.807) is 6.20 Å². The summed E-state index contributed by atoms with van der Waals surface area (Å²) in [6.07, 6.45) is 1.60. The van der Waals surface area contributed by atoms with Crippen LogP contribution in [0, 0.1) is 0 Å². The van der Waals surface area contributed by atoms with Crippen LogP contribution >= 0.6 is 0 Å². The van der Waals surface area contributed by atoms with Crippen LogP contribution in [-0.2, 0) is 4.74 Å². The van der Waals surface area contributed by atoms with Crippen LogP contribution in [0.4, 0.5) is 0 Å². The second kappa shape index (κ2) is 4.04. The monoisotopic (exact) mass is 183 g/mol. The number of methoxy groups -OCH3 is 1. The molecule has 3 N–H and O–H groups in total. The predicted octanol–water partition coefficient (Wildman–Crippen LogP) is 0.258. The maximum absolute atomic E-state index is 11.2. The number of aromatic nitrogens is 2. The van der Waals surface area contributed by atoms with Gasteiger partial charge < -0.3 is 10.5 Å². The Morgan fingerprint density at radius 3 is 3.08 bits per heavy atom. The van der Waals surface area contributed by atoms with Crippen molar-refractivity contribution >= 4 is 5.97 Å². The molecule has 0 aliphatic heterocycles. The summed E-state index contributed by atoms with van der Waals surface area (Å²) in [7, 11) is 1.33. The van der Waals surface area contributed by atoms with Crippen molar-refractivity contribution < 1.29 is 9.53 Å². The Kier molecular flexibility index (Phi) is 3.02. The summed E-state index contributed by atoms with van der Waals surface area (Å²) >= 11 is 0. The number of esters is 1. The topological polar surface area (TPSA) is 81.0 Å². The first kappa shape index (κ1) is 9.73. The zero-order chi connectivity index (χ0) is 9.84. The fraction of sp³-hybridized carbons (Fsp3) is 0.500. The van der Waals surface area contributed by atoms with E-state index in [4.69, 9.17) is 5.73 Å². The molecule has 1 unspecified atom stereocenters. The van der Waals surface area contributed by atoms with Crippen LogP contribution in [0.1, 0.15) is 28.9 Å². The van der Waals surface area contributed by atoms with Crippen LogP contribution in [0.15, 0.2) is 6.20 Å². The van der Waals surface area contributed by atoms with Crippen molar-refractivity contribution in [3.8, 4) is 0 Å². The molecule has 0 aliphatic rings. The average molecular weight is 183 g/mol. The van der Waals surface area contributed by atoms with E-state index < -0.39 is 5.97 Å². The van der Waals surface area contributed by atoms with Crippen molar-refractivity contribution in [2.75, 3.05) is 13.7 Å². The average Bonchev–Trinajstić information content (AvgIpc) is 2.63. The maximum atomic E-state index is 11.2. The number of carbonyl (C=O) groups is 1. The van der Waals surface area contributed by atoms with Crippen LogP contribution in [0.2, 0.25) is 0 Å². The van der Waals surface area contributed by atoms with E-state index in [1.165, 1.54) is 7.11 Å². The molecule has 5 heteroatoms. The van der Waals surface area contributed by atoms with Gasteiger partial charge in [0.2, 0.25) is 0 Å². The molecule has 0 saturated carbocycles. The Morgan fingerprint density at radius 1 is 1.85 bits per heavy atom. The number of nitrogens with two attached hydrogens (primary N) is 1. The Balaban J connectivity index is 2.95. The normalized spacial score (nSPS) is 12.5. The Morgan fingerprint density at radius 2 is 2.54 bits per heavy atom. The molecule has 1 rings (SSSR count). The third-order valence-corrected chi connectivity index (χ3v) is 1.94. The largest absolute Gasteiger partial charge is 0.464 e. The molecule has 5 nitrogen and oxygen atoms in total. The minimum Gasteiger partial charge on any atom is -0.464 e. The number of rotatable bonds is 3. The van der Waals surface area contributed by atoms with Gasteiger partial charge in [-0.25, -0.2) is 4.79 Å². The summed E-state index contributed by atoms with van der Waals surface area (Å²) in [5.41, 5.74) is 6.67. The lowest BCUT2D eigenvalue weighted by molar-refractivity contribution is 0.0592. The number of nitrogens with zero attached hydrogens (tertiary/aromatic N) is 1. The van der Waals surface area contributed by atoms with Gasteiger partial charge in [-0.1, -0.05) is 6.92 Å². The highest BCUT2D eigenvalue weighted by Crippen LogP contribution is 2.16. The van der Waals surface area contributed by atoms with Crippen molar-refractivity contribution in [2.24, 2.45) is 5.73 Å². The van der Waals surface area contributed by atoms with Crippen LogP contribution in [0.3, 0.4) is 0 Å². The zero-order valence-corrected chi connectivity index (χ0v) is 7.70. The van der Waals surface area contributed by atoms with Gasteiger partial charge in [0.25, 0.3) is 0 Å². The summed E-state index contributed by atoms with van der Waals surface area (Å²) in [6.45, 7) is 2.40. The predicted molar refractivity (Wildman–Crippen MR) is 47.4 cm³/mol. The van der Waals surface area contributed by atoms with Gasteiger partial charge in [0.05, 0.1) is 13.3 Å². The smallest absolute Gasteiger partial charge is 0.356 e. The van der Waals surface area contributed by atoms with Gasteiger partial charge in [-0.2, -0.15) is 5.10 Å². The summed E-state index contributed by atoms with van der Waals surface area (Å²) in [4.78, 5) is 11.2. The number of hydrogen-bond acceptors (Lipinski definition) is 4. The molecule has 0 fully saturated rings. The van der Waals surface area contributed by atoms with E-state index in [9.17, 15) is 4.79 Å². The first-order chi connectivity index (χ1) is 6.20. The van der Waals surface area contributed by atoms with Crippen LogP contribution < -0.4 is 5.73 Å². The highest BCUT2D eigenvalue weighted by Gasteiger charge is 2.17. The Labute approximate surface area is 76.3 Å². The van der Waals surface area contributed by atoms with Gasteiger partial charge in [-0.05, 0) is 12.5 Å². The first-order valence-electron chi connectivity index (χ1n) is 4.02. The van der Waals surface area contributed by atoms with E-state index in [2.05, 4.69) is 14.9 Å². The molecular weight excluding hydrogens is 170 g/mol. The number of ether oxygens (including phenoxy) is 1. The SMILES string of the molecule is COC(=O)c1[nH]ncc1C(C)CN. The van der Waals surface area contributed by atoms with E-state index >= 15 is 0 Å². The molecule has 1 aromatic heterocycles. The molecular formula is C8H13N3O2. The standard InChI is InChI=1S/C8H13N3O2/c1-5(3-9)6-4-10-11-7(6)8(12)13-2/h4-5H,3,9H2,1-2H3,(H,10,11). The Bertz CT molecular complexity index is 295. The molecule has 1 aromatic rings. The molecule has 0 amide bonds. The van der Waals surface area contributed by atoms with E-state index in [0.29, 0.717) is 12.2 Å². The van der Waals surface area contributed by atoms with Gasteiger partial charge >= 0.3 is 5.97 Å². The summed E-state index contributed by atoms with van der Waals surface area (Å²) in [5.74, 6) is -0.305. The van der Waals surface area contributed by atoms with E-state index in [0.717, 1.165) is 5.56 Å². The molecule has 0 aliphatic carbocycles. The lowest BCUT2D eigenvalue weighted by Gasteiger charge is -2.06. The highest BCUT2D eigenvalue weighted by molar-refractivity contribution is 5.88. The number of H-pyrrole nitrogens is 1. The minimum atomic E-state index is -0.409. The van der Waals surface area contributed by atoms with Crippen molar-refractivity contribution in [3.63, 3.8) is 0 Å². The molecule has 0 spiro atoms. The van der Waals surface area contributed by atoms with Crippen molar-refractivity contribution in [1.82, 2.24) is 10.2 Å². The minimum absolute atomic E-state index is 0.104. The lowest BCUT2D eigenvalue weighted by atomic mass is 10.0. The molecule has 0 bridgehead atoms. The fourth-order valence-corrected chi connectivity index (χ4v) is 1.06. The summed E-state index contributed by atoms with van der Waals surface area (Å²) in [6, 6.07) is 0. The van der Waals surface area contributed by atoms with Gasteiger partial charge in [0.1, 0.15) is 5.69 Å². The maximum Gasteiger partial charge on any atom is 0.356 e. The number of carbonyl (C=O) groups excluding carboxylic acids is 1.